The van der Waals surface area contributed by atoms with Crippen LogP contribution in [0.4, 0.5) is 5.95 Å². The molecule has 3 heterocycles. The number of benzene rings is 2. The first kappa shape index (κ1) is 18.8. The number of anilines is 1. The van der Waals surface area contributed by atoms with Gasteiger partial charge < -0.3 is 10.2 Å². The van der Waals surface area contributed by atoms with Gasteiger partial charge in [-0.2, -0.15) is 5.10 Å². The van der Waals surface area contributed by atoms with E-state index in [9.17, 15) is 4.79 Å². The highest BCUT2D eigenvalue weighted by Gasteiger charge is 2.17. The molecular formula is C23H26N6O. The third-order valence-electron chi connectivity index (χ3n) is 6.01. The van der Waals surface area contributed by atoms with Gasteiger partial charge in [0, 0.05) is 24.7 Å². The van der Waals surface area contributed by atoms with E-state index in [4.69, 9.17) is 0 Å². The van der Waals surface area contributed by atoms with E-state index in [0.29, 0.717) is 22.9 Å². The summed E-state index contributed by atoms with van der Waals surface area (Å²) in [6.45, 7) is 4.17. The molecule has 1 saturated heterocycles. The molecule has 0 atom stereocenters. The van der Waals surface area contributed by atoms with Gasteiger partial charge in [0.1, 0.15) is 0 Å². The number of hydrogen-bond donors (Lipinski definition) is 2. The Morgan fingerprint density at radius 3 is 2.70 bits per heavy atom. The monoisotopic (exact) mass is 402 g/mol. The van der Waals surface area contributed by atoms with Gasteiger partial charge in [-0.3, -0.25) is 14.5 Å². The van der Waals surface area contributed by atoms with Gasteiger partial charge in [-0.15, -0.1) is 0 Å². The Labute approximate surface area is 174 Å². The molecule has 5 rings (SSSR count). The van der Waals surface area contributed by atoms with Crippen molar-refractivity contribution in [2.45, 2.75) is 25.8 Å². The average Bonchev–Trinajstić information content (AvgIpc) is 3.10. The lowest BCUT2D eigenvalue weighted by atomic mass is 10.00. The Bertz CT molecular complexity index is 1300. The molecule has 2 aromatic heterocycles. The van der Waals surface area contributed by atoms with Crippen LogP contribution in [-0.4, -0.2) is 50.8 Å². The van der Waals surface area contributed by atoms with Gasteiger partial charge in [0.05, 0.1) is 16.4 Å². The molecule has 1 aliphatic rings. The quantitative estimate of drug-likeness (QED) is 0.550. The van der Waals surface area contributed by atoms with Crippen molar-refractivity contribution in [2.24, 2.45) is 7.05 Å². The second-order valence-corrected chi connectivity index (χ2v) is 8.40. The SMILES string of the molecule is Cc1cc(-c2ccc3nc(NC4CCN(C)CC4)[nH]c(=O)c3c2)cc2cn(C)nc12. The highest BCUT2D eigenvalue weighted by Crippen LogP contribution is 2.28. The molecule has 2 N–H and O–H groups in total. The molecule has 7 nitrogen and oxygen atoms in total. The summed E-state index contributed by atoms with van der Waals surface area (Å²) in [7, 11) is 4.06. The van der Waals surface area contributed by atoms with Gasteiger partial charge in [-0.05, 0) is 80.9 Å². The van der Waals surface area contributed by atoms with E-state index in [1.54, 1.807) is 0 Å². The Hall–Kier alpha value is -3.19. The normalized spacial score (nSPS) is 15.8. The highest BCUT2D eigenvalue weighted by atomic mass is 16.1. The fourth-order valence-electron chi connectivity index (χ4n) is 4.33. The Balaban J connectivity index is 1.49. The second kappa shape index (κ2) is 7.25. The number of hydrogen-bond acceptors (Lipinski definition) is 5. The first-order valence-corrected chi connectivity index (χ1v) is 10.4. The number of aryl methyl sites for hydroxylation is 2. The van der Waals surface area contributed by atoms with E-state index in [1.165, 1.54) is 0 Å². The van der Waals surface area contributed by atoms with Crippen molar-refractivity contribution in [3.63, 3.8) is 0 Å². The molecule has 2 aromatic carbocycles. The third-order valence-corrected chi connectivity index (χ3v) is 6.01. The molecule has 0 unspecified atom stereocenters. The standard InChI is InChI=1S/C23H26N6O/c1-14-10-16(11-17-13-29(3)27-21(14)17)15-4-5-20-19(12-15)22(30)26-23(25-20)24-18-6-8-28(2)9-7-18/h4-5,10-13,18H,6-9H2,1-3H3,(H2,24,25,26,30). The molecule has 1 aliphatic heterocycles. The van der Waals surface area contributed by atoms with E-state index < -0.39 is 0 Å². The number of rotatable bonds is 3. The minimum atomic E-state index is -0.114. The lowest BCUT2D eigenvalue weighted by Gasteiger charge is -2.29. The van der Waals surface area contributed by atoms with Gasteiger partial charge in [0.25, 0.3) is 5.56 Å². The van der Waals surface area contributed by atoms with Crippen LogP contribution in [0.1, 0.15) is 18.4 Å². The van der Waals surface area contributed by atoms with Crippen molar-refractivity contribution >= 4 is 27.8 Å². The van der Waals surface area contributed by atoms with Crippen LogP contribution in [0.3, 0.4) is 0 Å². The minimum absolute atomic E-state index is 0.114. The maximum absolute atomic E-state index is 12.8. The highest BCUT2D eigenvalue weighted by molar-refractivity contribution is 5.90. The zero-order valence-corrected chi connectivity index (χ0v) is 17.6. The number of nitrogens with one attached hydrogen (secondary N) is 2. The van der Waals surface area contributed by atoms with Crippen LogP contribution in [0.25, 0.3) is 32.9 Å². The summed E-state index contributed by atoms with van der Waals surface area (Å²) >= 11 is 0. The Morgan fingerprint density at radius 2 is 1.90 bits per heavy atom. The lowest BCUT2D eigenvalue weighted by molar-refractivity contribution is 0.263. The molecule has 154 valence electrons. The number of fused-ring (bicyclic) bond motifs is 2. The zero-order valence-electron chi connectivity index (χ0n) is 17.6. The molecule has 0 saturated carbocycles. The second-order valence-electron chi connectivity index (χ2n) is 8.40. The lowest BCUT2D eigenvalue weighted by Crippen LogP contribution is -2.37. The van der Waals surface area contributed by atoms with E-state index >= 15 is 0 Å². The fraction of sp³-hybridized carbons (Fsp3) is 0.348. The largest absolute Gasteiger partial charge is 0.353 e. The predicted octanol–water partition coefficient (Wildman–Crippen LogP) is 3.29. The number of piperidine rings is 1. The molecular weight excluding hydrogens is 376 g/mol. The summed E-state index contributed by atoms with van der Waals surface area (Å²) in [5.41, 5.74) is 4.79. The maximum atomic E-state index is 12.8. The number of likely N-dealkylation sites (tertiary alicyclic amines) is 1. The van der Waals surface area contributed by atoms with Crippen LogP contribution in [0, 0.1) is 6.92 Å². The molecule has 0 aliphatic carbocycles. The number of nitrogens with zero attached hydrogens (tertiary/aromatic N) is 4. The average molecular weight is 403 g/mol. The molecule has 30 heavy (non-hydrogen) atoms. The van der Waals surface area contributed by atoms with Gasteiger partial charge in [-0.25, -0.2) is 4.98 Å². The van der Waals surface area contributed by atoms with Crippen LogP contribution in [0.2, 0.25) is 0 Å². The first-order valence-electron chi connectivity index (χ1n) is 10.4. The maximum Gasteiger partial charge on any atom is 0.260 e. The number of aromatic nitrogens is 4. The summed E-state index contributed by atoms with van der Waals surface area (Å²) in [6, 6.07) is 10.5. The summed E-state index contributed by atoms with van der Waals surface area (Å²) in [4.78, 5) is 22.7. The molecule has 7 heteroatoms. The van der Waals surface area contributed by atoms with Gasteiger partial charge >= 0.3 is 0 Å². The molecule has 0 bridgehead atoms. The van der Waals surface area contributed by atoms with E-state index in [1.807, 2.05) is 36.1 Å². The van der Waals surface area contributed by atoms with Crippen molar-refractivity contribution in [3.05, 3.63) is 52.4 Å². The molecule has 0 spiro atoms. The van der Waals surface area contributed by atoms with Gasteiger partial charge in [0.15, 0.2) is 0 Å². The van der Waals surface area contributed by atoms with Crippen LogP contribution in [0.5, 0.6) is 0 Å². The third kappa shape index (κ3) is 3.45. The van der Waals surface area contributed by atoms with Crippen molar-refractivity contribution in [1.82, 2.24) is 24.6 Å². The summed E-state index contributed by atoms with van der Waals surface area (Å²) in [5, 5.41) is 9.62. The van der Waals surface area contributed by atoms with Crippen molar-refractivity contribution < 1.29 is 0 Å². The topological polar surface area (TPSA) is 78.8 Å². The van der Waals surface area contributed by atoms with Crippen LogP contribution < -0.4 is 10.9 Å². The minimum Gasteiger partial charge on any atom is -0.353 e. The van der Waals surface area contributed by atoms with Gasteiger partial charge in [0.2, 0.25) is 5.95 Å². The Morgan fingerprint density at radius 1 is 1.10 bits per heavy atom. The molecule has 1 fully saturated rings. The van der Waals surface area contributed by atoms with Gasteiger partial charge in [-0.1, -0.05) is 6.07 Å². The molecule has 0 radical (unpaired) electrons. The summed E-state index contributed by atoms with van der Waals surface area (Å²) < 4.78 is 1.83. The van der Waals surface area contributed by atoms with Crippen LogP contribution in [-0.2, 0) is 7.05 Å². The predicted molar refractivity (Wildman–Crippen MR) is 121 cm³/mol. The fourth-order valence-corrected chi connectivity index (χ4v) is 4.33. The van der Waals surface area contributed by atoms with Crippen molar-refractivity contribution in [3.8, 4) is 11.1 Å². The van der Waals surface area contributed by atoms with Crippen molar-refractivity contribution in [1.29, 1.82) is 0 Å². The van der Waals surface area contributed by atoms with Crippen molar-refractivity contribution in [2.75, 3.05) is 25.5 Å². The zero-order chi connectivity index (χ0) is 20.8. The summed E-state index contributed by atoms with van der Waals surface area (Å²) in [6.07, 6.45) is 4.11. The molecule has 4 aromatic rings. The summed E-state index contributed by atoms with van der Waals surface area (Å²) in [5.74, 6) is 0.558. The first-order chi connectivity index (χ1) is 14.5. The Kier molecular flexibility index (Phi) is 4.55. The van der Waals surface area contributed by atoms with Crippen LogP contribution in [0.15, 0.2) is 41.3 Å². The smallest absolute Gasteiger partial charge is 0.260 e. The van der Waals surface area contributed by atoms with E-state index in [-0.39, 0.29) is 5.56 Å². The van der Waals surface area contributed by atoms with E-state index in [0.717, 1.165) is 53.5 Å². The van der Waals surface area contributed by atoms with Crippen LogP contribution >= 0.6 is 0 Å². The molecule has 0 amide bonds. The number of aromatic amines is 1. The van der Waals surface area contributed by atoms with E-state index in [2.05, 4.69) is 51.4 Å². The number of H-pyrrole nitrogens is 1.